The van der Waals surface area contributed by atoms with Gasteiger partial charge < -0.3 is 9.47 Å². The van der Waals surface area contributed by atoms with Crippen LogP contribution >= 0.6 is 0 Å². The topological polar surface area (TPSA) is 71.4 Å². The Morgan fingerprint density at radius 2 is 1.82 bits per heavy atom. The van der Waals surface area contributed by atoms with E-state index in [1.807, 2.05) is 59.5 Å². The number of nitrogens with zero attached hydrogens (tertiary/aromatic N) is 3. The number of esters is 1. The molecule has 2 aromatic carbocycles. The Morgan fingerprint density at radius 1 is 1.06 bits per heavy atom. The van der Waals surface area contributed by atoms with Crippen molar-refractivity contribution < 1.29 is 19.1 Å². The van der Waals surface area contributed by atoms with E-state index < -0.39 is 0 Å². The van der Waals surface area contributed by atoms with Crippen molar-refractivity contribution in [3.05, 3.63) is 65.7 Å². The van der Waals surface area contributed by atoms with Crippen molar-refractivity contribution in [3.8, 4) is 5.75 Å². The van der Waals surface area contributed by atoms with Gasteiger partial charge in [0.05, 0.1) is 32.0 Å². The first kappa shape index (κ1) is 23.0. The third kappa shape index (κ3) is 5.09. The molecule has 2 aliphatic heterocycles. The Morgan fingerprint density at radius 3 is 2.58 bits per heavy atom. The van der Waals surface area contributed by atoms with Gasteiger partial charge >= 0.3 is 5.97 Å². The number of carbonyl (C=O) groups excluding carboxylic acids is 2. The average Bonchev–Trinajstić information content (AvgIpc) is 3.30. The molecule has 7 nitrogen and oxygen atoms in total. The van der Waals surface area contributed by atoms with Crippen LogP contribution in [0.3, 0.4) is 0 Å². The Balaban J connectivity index is 1.60. The number of para-hydroxylation sites is 1. The Bertz CT molecular complexity index is 1010. The van der Waals surface area contributed by atoms with Crippen molar-refractivity contribution in [1.82, 2.24) is 9.91 Å². The lowest BCUT2D eigenvalue weighted by molar-refractivity contribution is -0.152. The number of hydrazone groups is 1. The maximum absolute atomic E-state index is 13.5. The number of benzene rings is 2. The van der Waals surface area contributed by atoms with Gasteiger partial charge in [0.2, 0.25) is 0 Å². The second-order valence-electron chi connectivity index (χ2n) is 8.35. The molecule has 0 bridgehead atoms. The predicted molar refractivity (Wildman–Crippen MR) is 126 cm³/mol. The van der Waals surface area contributed by atoms with E-state index in [2.05, 4.69) is 0 Å². The summed E-state index contributed by atoms with van der Waals surface area (Å²) in [6, 6.07) is 17.1. The summed E-state index contributed by atoms with van der Waals surface area (Å²) in [7, 11) is 1.64. The summed E-state index contributed by atoms with van der Waals surface area (Å²) in [6.45, 7) is 2.97. The summed E-state index contributed by atoms with van der Waals surface area (Å²) >= 11 is 0. The number of piperidine rings is 1. The largest absolute Gasteiger partial charge is 0.496 e. The van der Waals surface area contributed by atoms with Crippen LogP contribution in [0.15, 0.2) is 59.7 Å². The second-order valence-corrected chi connectivity index (χ2v) is 8.35. The fourth-order valence-corrected chi connectivity index (χ4v) is 4.65. The normalized spacial score (nSPS) is 20.9. The fraction of sp³-hybridized carbons (Fsp3) is 0.423. The van der Waals surface area contributed by atoms with Crippen LogP contribution < -0.4 is 4.74 Å². The van der Waals surface area contributed by atoms with E-state index in [1.165, 1.54) is 0 Å². The van der Waals surface area contributed by atoms with Gasteiger partial charge in [-0.3, -0.25) is 14.5 Å². The predicted octanol–water partition coefficient (Wildman–Crippen LogP) is 3.79. The van der Waals surface area contributed by atoms with Gasteiger partial charge in [-0.1, -0.05) is 48.9 Å². The standard InChI is InChI=1S/C26H31N3O4/c1-3-33-26(31)22-14-9-10-16-28(22)18-25(30)29-23(19-11-5-4-6-12-19)17-21(27-29)20-13-7-8-15-24(20)32-2/h4-8,11-13,15,22-23H,3,9-10,14,16-18H2,1-2H3/t22-,23-/m0/s1. The first-order chi connectivity index (χ1) is 16.1. The molecule has 0 aliphatic carbocycles. The summed E-state index contributed by atoms with van der Waals surface area (Å²) in [5.74, 6) is 0.366. The van der Waals surface area contributed by atoms with Crippen LogP contribution in [0.25, 0.3) is 0 Å². The van der Waals surface area contributed by atoms with E-state index >= 15 is 0 Å². The summed E-state index contributed by atoms with van der Waals surface area (Å²) in [5, 5.41) is 6.37. The molecule has 7 heteroatoms. The molecule has 0 aromatic heterocycles. The number of hydrogen-bond donors (Lipinski definition) is 0. The summed E-state index contributed by atoms with van der Waals surface area (Å²) < 4.78 is 10.8. The van der Waals surface area contributed by atoms with Crippen molar-refractivity contribution in [2.75, 3.05) is 26.8 Å². The van der Waals surface area contributed by atoms with Gasteiger partial charge in [0.25, 0.3) is 5.91 Å². The zero-order chi connectivity index (χ0) is 23.2. The van der Waals surface area contributed by atoms with Gasteiger partial charge in [0.1, 0.15) is 11.8 Å². The van der Waals surface area contributed by atoms with Gasteiger partial charge in [-0.2, -0.15) is 5.10 Å². The number of carbonyl (C=O) groups is 2. The maximum atomic E-state index is 13.5. The minimum atomic E-state index is -0.377. The first-order valence-corrected chi connectivity index (χ1v) is 11.6. The minimum Gasteiger partial charge on any atom is -0.496 e. The van der Waals surface area contributed by atoms with Gasteiger partial charge in [-0.25, -0.2) is 5.01 Å². The van der Waals surface area contributed by atoms with Crippen LogP contribution in [0.2, 0.25) is 0 Å². The monoisotopic (exact) mass is 449 g/mol. The fourth-order valence-electron chi connectivity index (χ4n) is 4.65. The number of likely N-dealkylation sites (tertiary alicyclic amines) is 1. The van der Waals surface area contributed by atoms with Gasteiger partial charge in [0.15, 0.2) is 0 Å². The molecule has 1 amide bonds. The van der Waals surface area contributed by atoms with Crippen molar-refractivity contribution >= 4 is 17.6 Å². The van der Waals surface area contributed by atoms with Crippen molar-refractivity contribution in [2.24, 2.45) is 5.10 Å². The quantitative estimate of drug-likeness (QED) is 0.602. The van der Waals surface area contributed by atoms with Crippen molar-refractivity contribution in [3.63, 3.8) is 0 Å². The van der Waals surface area contributed by atoms with Crippen LogP contribution in [0.4, 0.5) is 0 Å². The van der Waals surface area contributed by atoms with Crippen LogP contribution in [0, 0.1) is 0 Å². The highest BCUT2D eigenvalue weighted by atomic mass is 16.5. The maximum Gasteiger partial charge on any atom is 0.323 e. The molecular weight excluding hydrogens is 418 g/mol. The molecular formula is C26H31N3O4. The molecule has 0 saturated carbocycles. The number of hydrogen-bond acceptors (Lipinski definition) is 6. The van der Waals surface area contributed by atoms with Crippen molar-refractivity contribution in [2.45, 2.75) is 44.7 Å². The molecule has 0 radical (unpaired) electrons. The summed E-state index contributed by atoms with van der Waals surface area (Å²) in [4.78, 5) is 28.0. The third-order valence-corrected chi connectivity index (χ3v) is 6.28. The zero-order valence-electron chi connectivity index (χ0n) is 19.3. The Hall–Kier alpha value is -3.19. The van der Waals surface area contributed by atoms with Gasteiger partial charge in [-0.15, -0.1) is 0 Å². The third-order valence-electron chi connectivity index (χ3n) is 6.28. The zero-order valence-corrected chi connectivity index (χ0v) is 19.3. The van der Waals surface area contributed by atoms with Crippen LogP contribution in [0.1, 0.15) is 49.8 Å². The molecule has 4 rings (SSSR count). The molecule has 2 aromatic rings. The van der Waals surface area contributed by atoms with Crippen LogP contribution in [0.5, 0.6) is 5.75 Å². The highest BCUT2D eigenvalue weighted by Crippen LogP contribution is 2.35. The second kappa shape index (κ2) is 10.6. The summed E-state index contributed by atoms with van der Waals surface area (Å²) in [5.41, 5.74) is 2.73. The van der Waals surface area contributed by atoms with E-state index in [0.717, 1.165) is 35.4 Å². The van der Waals surface area contributed by atoms with Crippen molar-refractivity contribution in [1.29, 1.82) is 0 Å². The highest BCUT2D eigenvalue weighted by molar-refractivity contribution is 6.05. The highest BCUT2D eigenvalue weighted by Gasteiger charge is 2.37. The summed E-state index contributed by atoms with van der Waals surface area (Å²) in [6.07, 6.45) is 3.23. The Labute approximate surface area is 195 Å². The molecule has 0 spiro atoms. The molecule has 1 saturated heterocycles. The molecule has 2 atom stereocenters. The molecule has 33 heavy (non-hydrogen) atoms. The average molecular weight is 450 g/mol. The lowest BCUT2D eigenvalue weighted by Gasteiger charge is -2.34. The van der Waals surface area contributed by atoms with Gasteiger partial charge in [0, 0.05) is 12.0 Å². The number of methoxy groups -OCH3 is 1. The van der Waals surface area contributed by atoms with E-state index in [1.54, 1.807) is 19.0 Å². The number of ether oxygens (including phenoxy) is 2. The van der Waals surface area contributed by atoms with E-state index in [4.69, 9.17) is 14.6 Å². The molecule has 0 unspecified atom stereocenters. The lowest BCUT2D eigenvalue weighted by atomic mass is 9.98. The molecule has 0 N–H and O–H groups in total. The number of rotatable bonds is 7. The molecule has 2 aliphatic rings. The van der Waals surface area contributed by atoms with Crippen LogP contribution in [-0.2, 0) is 14.3 Å². The smallest absolute Gasteiger partial charge is 0.323 e. The van der Waals surface area contributed by atoms with E-state index in [0.29, 0.717) is 26.0 Å². The minimum absolute atomic E-state index is 0.120. The first-order valence-electron chi connectivity index (χ1n) is 11.6. The lowest BCUT2D eigenvalue weighted by Crippen LogP contribution is -2.49. The number of amides is 1. The van der Waals surface area contributed by atoms with E-state index in [-0.39, 0.29) is 30.5 Å². The van der Waals surface area contributed by atoms with E-state index in [9.17, 15) is 9.59 Å². The molecule has 1 fully saturated rings. The van der Waals surface area contributed by atoms with Gasteiger partial charge in [-0.05, 0) is 44.0 Å². The van der Waals surface area contributed by atoms with Crippen LogP contribution in [-0.4, -0.2) is 60.3 Å². The Kier molecular flexibility index (Phi) is 7.40. The SMILES string of the molecule is CCOC(=O)[C@@H]1CCCCN1CC(=O)N1N=C(c2ccccc2OC)C[C@H]1c1ccccc1. The molecule has 174 valence electrons. The molecule has 2 heterocycles.